The zero-order valence-corrected chi connectivity index (χ0v) is 11.3. The van der Waals surface area contributed by atoms with Gasteiger partial charge in [0.25, 0.3) is 0 Å². The topological polar surface area (TPSA) is 88.5 Å². The first-order chi connectivity index (χ1) is 8.45. The number of nitrogens with one attached hydrogen (secondary N) is 1. The van der Waals surface area contributed by atoms with Gasteiger partial charge in [-0.2, -0.15) is 5.10 Å². The van der Waals surface area contributed by atoms with Crippen LogP contribution in [0.5, 0.6) is 0 Å². The monoisotopic (exact) mass is 253 g/mol. The first-order valence-corrected chi connectivity index (χ1v) is 6.12. The second-order valence-corrected chi connectivity index (χ2v) is 5.17. The summed E-state index contributed by atoms with van der Waals surface area (Å²) in [6, 6.07) is 0. The highest BCUT2D eigenvalue weighted by atomic mass is 16.4. The fourth-order valence-corrected chi connectivity index (χ4v) is 1.71. The number of nitrogens with two attached hydrogens (primary N) is 1. The number of aryl methyl sites for hydroxylation is 1. The van der Waals surface area contributed by atoms with Crippen LogP contribution in [0.1, 0.15) is 32.3 Å². The van der Waals surface area contributed by atoms with E-state index in [-0.39, 0.29) is 11.3 Å². The predicted molar refractivity (Wildman–Crippen MR) is 71.3 cm³/mol. The molecule has 0 amide bonds. The summed E-state index contributed by atoms with van der Waals surface area (Å²) in [5.41, 5.74) is 6.54. The summed E-state index contributed by atoms with van der Waals surface area (Å²) in [7, 11) is 1.91. The Morgan fingerprint density at radius 1 is 1.61 bits per heavy atom. The molecule has 0 aliphatic rings. The molecule has 0 spiro atoms. The van der Waals surface area contributed by atoms with Gasteiger partial charge in [0.1, 0.15) is 5.84 Å². The first-order valence-electron chi connectivity index (χ1n) is 6.12. The smallest absolute Gasteiger partial charge is 0.144 e. The number of amidine groups is 1. The van der Waals surface area contributed by atoms with Gasteiger partial charge in [-0.15, -0.1) is 0 Å². The lowest BCUT2D eigenvalue weighted by Crippen LogP contribution is -2.32. The average Bonchev–Trinajstić information content (AvgIpc) is 2.73. The lowest BCUT2D eigenvalue weighted by atomic mass is 9.86. The standard InChI is InChI=1S/C12H23N5O/c1-12(2,11(13)16-18)5-4-6-14-7-10-8-15-17(3)9-10/h8-9,14,18H,4-7H2,1-3H3,(H2,13,16). The number of rotatable bonds is 7. The van der Waals surface area contributed by atoms with Crippen LogP contribution in [0.2, 0.25) is 0 Å². The Balaban J connectivity index is 2.19. The Kier molecular flexibility index (Phi) is 5.15. The second kappa shape index (κ2) is 6.39. The summed E-state index contributed by atoms with van der Waals surface area (Å²) in [5.74, 6) is 0.287. The second-order valence-electron chi connectivity index (χ2n) is 5.17. The van der Waals surface area contributed by atoms with Gasteiger partial charge in [-0.25, -0.2) is 0 Å². The molecule has 102 valence electrons. The molecule has 0 saturated carbocycles. The van der Waals surface area contributed by atoms with Gasteiger partial charge in [0.15, 0.2) is 0 Å². The van der Waals surface area contributed by atoms with E-state index in [2.05, 4.69) is 15.6 Å². The number of hydrogen-bond acceptors (Lipinski definition) is 4. The van der Waals surface area contributed by atoms with Gasteiger partial charge in [-0.3, -0.25) is 4.68 Å². The molecule has 6 heteroatoms. The molecule has 1 rings (SSSR count). The van der Waals surface area contributed by atoms with E-state index in [4.69, 9.17) is 10.9 Å². The van der Waals surface area contributed by atoms with E-state index in [9.17, 15) is 0 Å². The lowest BCUT2D eigenvalue weighted by Gasteiger charge is -2.22. The van der Waals surface area contributed by atoms with Crippen molar-refractivity contribution in [3.05, 3.63) is 18.0 Å². The van der Waals surface area contributed by atoms with Crippen molar-refractivity contribution in [2.24, 2.45) is 23.4 Å². The molecule has 0 aliphatic carbocycles. The van der Waals surface area contributed by atoms with E-state index in [0.29, 0.717) is 0 Å². The van der Waals surface area contributed by atoms with Gasteiger partial charge in [-0.1, -0.05) is 19.0 Å². The largest absolute Gasteiger partial charge is 0.409 e. The van der Waals surface area contributed by atoms with E-state index in [1.807, 2.05) is 33.3 Å². The van der Waals surface area contributed by atoms with Crippen molar-refractivity contribution in [2.75, 3.05) is 6.54 Å². The summed E-state index contributed by atoms with van der Waals surface area (Å²) in [6.45, 7) is 5.67. The van der Waals surface area contributed by atoms with Crippen molar-refractivity contribution in [2.45, 2.75) is 33.2 Å². The lowest BCUT2D eigenvalue weighted by molar-refractivity contribution is 0.304. The highest BCUT2D eigenvalue weighted by molar-refractivity contribution is 5.85. The molecule has 4 N–H and O–H groups in total. The van der Waals surface area contributed by atoms with Crippen molar-refractivity contribution in [3.63, 3.8) is 0 Å². The van der Waals surface area contributed by atoms with E-state index in [1.165, 1.54) is 5.56 Å². The fourth-order valence-electron chi connectivity index (χ4n) is 1.71. The quantitative estimate of drug-likeness (QED) is 0.223. The summed E-state index contributed by atoms with van der Waals surface area (Å²) in [6.07, 6.45) is 5.70. The molecular weight excluding hydrogens is 230 g/mol. The normalized spacial score (nSPS) is 12.9. The van der Waals surface area contributed by atoms with Gasteiger partial charge in [-0.05, 0) is 19.4 Å². The Bertz CT molecular complexity index is 397. The van der Waals surface area contributed by atoms with Gasteiger partial charge < -0.3 is 16.3 Å². The van der Waals surface area contributed by atoms with Crippen molar-refractivity contribution in [1.29, 1.82) is 0 Å². The Morgan fingerprint density at radius 3 is 2.89 bits per heavy atom. The minimum atomic E-state index is -0.259. The molecule has 1 aromatic heterocycles. The maximum absolute atomic E-state index is 8.66. The molecule has 6 nitrogen and oxygen atoms in total. The van der Waals surface area contributed by atoms with Crippen LogP contribution >= 0.6 is 0 Å². The first kappa shape index (κ1) is 14.5. The Morgan fingerprint density at radius 2 is 2.33 bits per heavy atom. The third-order valence-corrected chi connectivity index (χ3v) is 3.04. The van der Waals surface area contributed by atoms with Crippen molar-refractivity contribution in [3.8, 4) is 0 Å². The van der Waals surface area contributed by atoms with Crippen LogP contribution < -0.4 is 11.1 Å². The predicted octanol–water partition coefficient (Wildman–Crippen LogP) is 1.06. The summed E-state index contributed by atoms with van der Waals surface area (Å²) in [5, 5.41) is 19.2. The molecule has 1 aromatic rings. The third-order valence-electron chi connectivity index (χ3n) is 3.04. The molecule has 0 aliphatic heterocycles. The fraction of sp³-hybridized carbons (Fsp3) is 0.667. The van der Waals surface area contributed by atoms with E-state index in [0.717, 1.165) is 25.9 Å². The number of hydrogen-bond donors (Lipinski definition) is 3. The average molecular weight is 253 g/mol. The molecule has 0 fully saturated rings. The van der Waals surface area contributed by atoms with Crippen molar-refractivity contribution in [1.82, 2.24) is 15.1 Å². The zero-order valence-electron chi connectivity index (χ0n) is 11.3. The Hall–Kier alpha value is -1.56. The maximum Gasteiger partial charge on any atom is 0.144 e. The van der Waals surface area contributed by atoms with Crippen LogP contribution in [-0.2, 0) is 13.6 Å². The summed E-state index contributed by atoms with van der Waals surface area (Å²) in [4.78, 5) is 0. The molecule has 0 unspecified atom stereocenters. The van der Waals surface area contributed by atoms with Crippen LogP contribution in [0.25, 0.3) is 0 Å². The van der Waals surface area contributed by atoms with Crippen molar-refractivity contribution >= 4 is 5.84 Å². The van der Waals surface area contributed by atoms with E-state index in [1.54, 1.807) is 4.68 Å². The molecule has 18 heavy (non-hydrogen) atoms. The van der Waals surface area contributed by atoms with Crippen LogP contribution in [-0.4, -0.2) is 27.4 Å². The number of oxime groups is 1. The maximum atomic E-state index is 8.66. The van der Waals surface area contributed by atoms with Crippen LogP contribution in [0, 0.1) is 5.41 Å². The van der Waals surface area contributed by atoms with Crippen molar-refractivity contribution < 1.29 is 5.21 Å². The van der Waals surface area contributed by atoms with Gasteiger partial charge in [0, 0.05) is 30.8 Å². The molecular formula is C12H23N5O. The van der Waals surface area contributed by atoms with Gasteiger partial charge in [0.05, 0.1) is 6.20 Å². The van der Waals surface area contributed by atoms with E-state index >= 15 is 0 Å². The van der Waals surface area contributed by atoms with Crippen LogP contribution in [0.4, 0.5) is 0 Å². The molecule has 0 saturated heterocycles. The molecule has 0 atom stereocenters. The highest BCUT2D eigenvalue weighted by Crippen LogP contribution is 2.21. The highest BCUT2D eigenvalue weighted by Gasteiger charge is 2.22. The number of aromatic nitrogens is 2. The third kappa shape index (κ3) is 4.37. The molecule has 0 aromatic carbocycles. The van der Waals surface area contributed by atoms with Gasteiger partial charge >= 0.3 is 0 Å². The minimum absolute atomic E-state index is 0.259. The van der Waals surface area contributed by atoms with E-state index < -0.39 is 0 Å². The van der Waals surface area contributed by atoms with Crippen LogP contribution in [0.3, 0.4) is 0 Å². The van der Waals surface area contributed by atoms with Gasteiger partial charge in [0.2, 0.25) is 0 Å². The minimum Gasteiger partial charge on any atom is -0.409 e. The summed E-state index contributed by atoms with van der Waals surface area (Å²) < 4.78 is 1.79. The number of nitrogens with zero attached hydrogens (tertiary/aromatic N) is 3. The Labute approximate surface area is 108 Å². The molecule has 0 radical (unpaired) electrons. The molecule has 1 heterocycles. The SMILES string of the molecule is Cn1cc(CNCCCC(C)(C)C(N)=NO)cn1. The zero-order chi connectivity index (χ0) is 13.6. The van der Waals surface area contributed by atoms with Crippen LogP contribution in [0.15, 0.2) is 17.5 Å². The molecule has 0 bridgehead atoms. The summed E-state index contributed by atoms with van der Waals surface area (Å²) >= 11 is 0.